The van der Waals surface area contributed by atoms with Crippen molar-refractivity contribution in [2.75, 3.05) is 11.4 Å². The number of rotatable bonds is 4. The minimum Gasteiger partial charge on any atom is -0.443 e. The summed E-state index contributed by atoms with van der Waals surface area (Å²) in [4.78, 5) is 18.0. The summed E-state index contributed by atoms with van der Waals surface area (Å²) in [5.74, 6) is 0.617. The molecule has 106 valence electrons. The van der Waals surface area contributed by atoms with Crippen LogP contribution in [0.1, 0.15) is 40.5 Å². The Kier molecular flexibility index (Phi) is 5.79. The minimum absolute atomic E-state index is 0.351. The van der Waals surface area contributed by atoms with Gasteiger partial charge >= 0.3 is 6.09 Å². The van der Waals surface area contributed by atoms with E-state index < -0.39 is 5.60 Å². The fourth-order valence-corrected chi connectivity index (χ4v) is 1.69. The highest BCUT2D eigenvalue weighted by molar-refractivity contribution is 9.10. The summed E-state index contributed by atoms with van der Waals surface area (Å²) >= 11 is 3.34. The van der Waals surface area contributed by atoms with Crippen molar-refractivity contribution in [3.8, 4) is 0 Å². The maximum atomic E-state index is 12.2. The van der Waals surface area contributed by atoms with E-state index in [1.165, 1.54) is 0 Å². The molecule has 0 unspecified atom stereocenters. The van der Waals surface area contributed by atoms with Crippen LogP contribution in [0.25, 0.3) is 0 Å². The lowest BCUT2D eigenvalue weighted by atomic mass is 10.2. The monoisotopic (exact) mass is 328 g/mol. The average molecular weight is 329 g/mol. The second-order valence-electron chi connectivity index (χ2n) is 5.32. The van der Waals surface area contributed by atoms with Crippen LogP contribution in [0.5, 0.6) is 0 Å². The molecule has 0 aliphatic carbocycles. The van der Waals surface area contributed by atoms with Crippen LogP contribution in [0.15, 0.2) is 22.8 Å². The highest BCUT2D eigenvalue weighted by atomic mass is 79.9. The first-order valence-electron chi connectivity index (χ1n) is 6.45. The van der Waals surface area contributed by atoms with Crippen LogP contribution in [0, 0.1) is 0 Å². The first kappa shape index (κ1) is 16.0. The van der Waals surface area contributed by atoms with Gasteiger partial charge in [0.2, 0.25) is 0 Å². The number of anilines is 1. The molecule has 0 N–H and O–H groups in total. The molecule has 0 saturated carbocycles. The van der Waals surface area contributed by atoms with Crippen LogP contribution >= 0.6 is 15.9 Å². The van der Waals surface area contributed by atoms with Gasteiger partial charge in [0.15, 0.2) is 0 Å². The van der Waals surface area contributed by atoms with E-state index in [1.807, 2.05) is 32.9 Å². The second-order valence-corrected chi connectivity index (χ2v) is 6.24. The first-order chi connectivity index (χ1) is 8.83. The van der Waals surface area contributed by atoms with Crippen LogP contribution in [0.3, 0.4) is 0 Å². The van der Waals surface area contributed by atoms with Gasteiger partial charge in [-0.05, 0) is 55.3 Å². The van der Waals surface area contributed by atoms with Crippen LogP contribution in [0.4, 0.5) is 10.6 Å². The molecule has 1 heterocycles. The summed E-state index contributed by atoms with van der Waals surface area (Å²) in [6.45, 7) is 8.27. The van der Waals surface area contributed by atoms with Gasteiger partial charge in [-0.15, -0.1) is 0 Å². The largest absolute Gasteiger partial charge is 0.443 e. The van der Waals surface area contributed by atoms with Gasteiger partial charge in [-0.25, -0.2) is 9.78 Å². The molecule has 1 amide bonds. The molecule has 1 rings (SSSR count). The topological polar surface area (TPSA) is 42.4 Å². The van der Waals surface area contributed by atoms with Gasteiger partial charge in [0.25, 0.3) is 0 Å². The zero-order chi connectivity index (χ0) is 14.5. The SMILES string of the molecule is CCCCN(C(=O)OC(C)(C)C)c1ccc(Br)cn1. The number of aromatic nitrogens is 1. The van der Waals surface area contributed by atoms with Crippen molar-refractivity contribution in [3.63, 3.8) is 0 Å². The predicted octanol–water partition coefficient (Wildman–Crippen LogP) is 4.39. The summed E-state index contributed by atoms with van der Waals surface area (Å²) in [5.41, 5.74) is -0.503. The molecule has 0 fully saturated rings. The molecule has 0 radical (unpaired) electrons. The number of hydrogen-bond acceptors (Lipinski definition) is 3. The number of ether oxygens (including phenoxy) is 1. The minimum atomic E-state index is -0.503. The van der Waals surface area contributed by atoms with E-state index in [2.05, 4.69) is 27.8 Å². The summed E-state index contributed by atoms with van der Waals surface area (Å²) < 4.78 is 6.30. The molecule has 0 bridgehead atoms. The molecule has 0 aliphatic rings. The molecular weight excluding hydrogens is 308 g/mol. The van der Waals surface area contributed by atoms with E-state index in [0.717, 1.165) is 17.3 Å². The summed E-state index contributed by atoms with van der Waals surface area (Å²) in [7, 11) is 0. The quantitative estimate of drug-likeness (QED) is 0.823. The van der Waals surface area contributed by atoms with Gasteiger partial charge < -0.3 is 4.74 Å². The lowest BCUT2D eigenvalue weighted by Crippen LogP contribution is -2.38. The Balaban J connectivity index is 2.87. The van der Waals surface area contributed by atoms with Gasteiger partial charge in [-0.3, -0.25) is 4.90 Å². The van der Waals surface area contributed by atoms with Gasteiger partial charge in [-0.1, -0.05) is 13.3 Å². The van der Waals surface area contributed by atoms with Crippen molar-refractivity contribution in [1.82, 2.24) is 4.98 Å². The van der Waals surface area contributed by atoms with E-state index in [9.17, 15) is 4.79 Å². The van der Waals surface area contributed by atoms with E-state index in [0.29, 0.717) is 12.4 Å². The Morgan fingerprint density at radius 3 is 2.58 bits per heavy atom. The molecule has 0 saturated heterocycles. The molecule has 1 aromatic heterocycles. The number of unbranched alkanes of at least 4 members (excludes halogenated alkanes) is 1. The standard InChI is InChI=1S/C14H21BrN2O2/c1-5-6-9-17(13(18)19-14(2,3)4)12-8-7-11(15)10-16-12/h7-8,10H,5-6,9H2,1-4H3. The zero-order valence-corrected chi connectivity index (χ0v) is 13.5. The van der Waals surface area contributed by atoms with Gasteiger partial charge in [-0.2, -0.15) is 0 Å². The molecule has 0 spiro atoms. The van der Waals surface area contributed by atoms with E-state index in [4.69, 9.17) is 4.74 Å². The maximum Gasteiger partial charge on any atom is 0.416 e. The molecular formula is C14H21BrN2O2. The lowest BCUT2D eigenvalue weighted by molar-refractivity contribution is 0.0579. The van der Waals surface area contributed by atoms with Crippen molar-refractivity contribution >= 4 is 27.8 Å². The number of nitrogens with zero attached hydrogens (tertiary/aromatic N) is 2. The third-order valence-electron chi connectivity index (χ3n) is 2.34. The van der Waals surface area contributed by atoms with Crippen LogP contribution in [-0.4, -0.2) is 23.2 Å². The Morgan fingerprint density at radius 1 is 1.42 bits per heavy atom. The third kappa shape index (κ3) is 5.59. The summed E-state index contributed by atoms with van der Waals surface area (Å²) in [6.07, 6.45) is 3.25. The van der Waals surface area contributed by atoms with Gasteiger partial charge in [0.1, 0.15) is 11.4 Å². The number of amides is 1. The highest BCUT2D eigenvalue weighted by Crippen LogP contribution is 2.18. The Hall–Kier alpha value is -1.10. The fraction of sp³-hybridized carbons (Fsp3) is 0.571. The Bertz CT molecular complexity index is 412. The predicted molar refractivity (Wildman–Crippen MR) is 80.4 cm³/mol. The highest BCUT2D eigenvalue weighted by Gasteiger charge is 2.23. The van der Waals surface area contributed by atoms with Gasteiger partial charge in [0, 0.05) is 17.2 Å². The second kappa shape index (κ2) is 6.89. The van der Waals surface area contributed by atoms with E-state index in [1.54, 1.807) is 11.1 Å². The number of carbonyl (C=O) groups excluding carboxylic acids is 1. The molecule has 0 atom stereocenters. The molecule has 0 aromatic carbocycles. The first-order valence-corrected chi connectivity index (χ1v) is 7.25. The summed E-state index contributed by atoms with van der Waals surface area (Å²) in [6, 6.07) is 3.68. The van der Waals surface area contributed by atoms with Crippen LogP contribution < -0.4 is 4.90 Å². The maximum absolute atomic E-state index is 12.2. The Morgan fingerprint density at radius 2 is 2.11 bits per heavy atom. The average Bonchev–Trinajstić information content (AvgIpc) is 2.29. The van der Waals surface area contributed by atoms with Crippen LogP contribution in [-0.2, 0) is 4.74 Å². The molecule has 19 heavy (non-hydrogen) atoms. The van der Waals surface area contributed by atoms with Crippen molar-refractivity contribution in [1.29, 1.82) is 0 Å². The number of halogens is 1. The number of pyridine rings is 1. The molecule has 1 aromatic rings. The van der Waals surface area contributed by atoms with Crippen LogP contribution in [0.2, 0.25) is 0 Å². The Labute approximate surface area is 123 Å². The van der Waals surface area contributed by atoms with E-state index in [-0.39, 0.29) is 6.09 Å². The van der Waals surface area contributed by atoms with Crippen molar-refractivity contribution in [3.05, 3.63) is 22.8 Å². The molecule has 4 nitrogen and oxygen atoms in total. The number of carbonyl (C=O) groups is 1. The fourth-order valence-electron chi connectivity index (χ4n) is 1.46. The van der Waals surface area contributed by atoms with Crippen molar-refractivity contribution in [2.24, 2.45) is 0 Å². The molecule has 0 aliphatic heterocycles. The zero-order valence-electron chi connectivity index (χ0n) is 11.9. The normalized spacial score (nSPS) is 11.2. The molecule has 5 heteroatoms. The lowest BCUT2D eigenvalue weighted by Gasteiger charge is -2.26. The smallest absolute Gasteiger partial charge is 0.416 e. The third-order valence-corrected chi connectivity index (χ3v) is 2.81. The number of hydrogen-bond donors (Lipinski definition) is 0. The van der Waals surface area contributed by atoms with Gasteiger partial charge in [0.05, 0.1) is 0 Å². The summed E-state index contributed by atoms with van der Waals surface area (Å²) in [5, 5.41) is 0. The van der Waals surface area contributed by atoms with Crippen molar-refractivity contribution < 1.29 is 9.53 Å². The van der Waals surface area contributed by atoms with Crippen molar-refractivity contribution in [2.45, 2.75) is 46.1 Å². The van der Waals surface area contributed by atoms with E-state index >= 15 is 0 Å².